The van der Waals surface area contributed by atoms with E-state index in [0.29, 0.717) is 48.0 Å². The van der Waals surface area contributed by atoms with E-state index in [4.69, 9.17) is 14.6 Å². The van der Waals surface area contributed by atoms with Crippen molar-refractivity contribution in [3.8, 4) is 0 Å². The molecule has 0 spiro atoms. The minimum absolute atomic E-state index is 0.0359. The average Bonchev–Trinajstić information content (AvgIpc) is 3.60. The van der Waals surface area contributed by atoms with Gasteiger partial charge in [-0.2, -0.15) is 13.2 Å². The lowest BCUT2D eigenvalue weighted by Gasteiger charge is -2.32. The fraction of sp³-hybridized carbons (Fsp3) is 0.386. The number of likely N-dealkylation sites (N-methyl/N-ethyl adjacent to an activating group) is 1. The quantitative estimate of drug-likeness (QED) is 0.118. The van der Waals surface area contributed by atoms with E-state index >= 15 is 0 Å². The number of hydrogen-bond acceptors (Lipinski definition) is 9. The highest BCUT2D eigenvalue weighted by Crippen LogP contribution is 2.39. The third kappa shape index (κ3) is 11.3. The maximum Gasteiger partial charge on any atom is 0.427 e. The number of aryl methyl sites for hydroxylation is 2. The van der Waals surface area contributed by atoms with Crippen molar-refractivity contribution in [1.29, 1.82) is 0 Å². The van der Waals surface area contributed by atoms with Crippen LogP contribution in [0.4, 0.5) is 28.7 Å². The van der Waals surface area contributed by atoms with Gasteiger partial charge in [0.2, 0.25) is 5.60 Å². The summed E-state index contributed by atoms with van der Waals surface area (Å²) < 4.78 is 50.9. The third-order valence-electron chi connectivity index (χ3n) is 10.7. The molecule has 2 aliphatic heterocycles. The lowest BCUT2D eigenvalue weighted by Crippen LogP contribution is -2.47. The van der Waals surface area contributed by atoms with Gasteiger partial charge in [-0.25, -0.2) is 9.59 Å². The first-order chi connectivity index (χ1) is 29.0. The van der Waals surface area contributed by atoms with Gasteiger partial charge in [0, 0.05) is 61.5 Å². The molecule has 1 saturated heterocycles. The van der Waals surface area contributed by atoms with E-state index in [1.54, 1.807) is 66.5 Å². The average molecular weight is 864 g/mol. The molecular formula is C44H48F3N5O8S. The molecular weight excluding hydrogens is 816 g/mol. The maximum atomic E-state index is 14.1. The minimum atomic E-state index is -4.80. The number of ether oxygens (including phenoxy) is 2. The first-order valence-corrected chi connectivity index (χ1v) is 20.7. The number of benzene rings is 3. The molecule has 1 aromatic heterocycles. The second-order valence-electron chi connectivity index (χ2n) is 15.5. The highest BCUT2D eigenvalue weighted by molar-refractivity contribution is 7.17. The number of aromatic carboxylic acids is 1. The van der Waals surface area contributed by atoms with Crippen LogP contribution in [0.2, 0.25) is 0 Å². The SMILES string of the molecule is CN(CCN1CCOCC1)C(=O)c1cccc(C(=O)Nc2sc3c(c2C(=O)Nc2ccc(CCCc4ccc(C(=O)O)cc4)cc2)CCN(C(=O)OC(C)(C)C(F)(F)F)C3)c1. The number of amides is 4. The number of carbonyl (C=O) groups is 5. The number of fused-ring (bicyclic) bond motifs is 1. The van der Waals surface area contributed by atoms with Crippen LogP contribution in [0.5, 0.6) is 0 Å². The third-order valence-corrected chi connectivity index (χ3v) is 11.8. The molecule has 324 valence electrons. The molecule has 0 atom stereocenters. The van der Waals surface area contributed by atoms with Crippen molar-refractivity contribution in [2.45, 2.75) is 57.9 Å². The molecule has 0 radical (unpaired) electrons. The van der Waals surface area contributed by atoms with Gasteiger partial charge >= 0.3 is 18.2 Å². The Balaban J connectivity index is 1.17. The van der Waals surface area contributed by atoms with Crippen LogP contribution in [-0.4, -0.2) is 114 Å². The van der Waals surface area contributed by atoms with Crippen molar-refractivity contribution >= 4 is 51.8 Å². The van der Waals surface area contributed by atoms with Crippen molar-refractivity contribution in [2.24, 2.45) is 0 Å². The van der Waals surface area contributed by atoms with E-state index in [1.807, 2.05) is 12.1 Å². The topological polar surface area (TPSA) is 158 Å². The summed E-state index contributed by atoms with van der Waals surface area (Å²) >= 11 is 1.03. The molecule has 4 aromatic rings. The molecule has 4 amide bonds. The van der Waals surface area contributed by atoms with Crippen LogP contribution in [0.25, 0.3) is 0 Å². The molecule has 2 aliphatic rings. The zero-order valence-electron chi connectivity index (χ0n) is 34.1. The van der Waals surface area contributed by atoms with Crippen LogP contribution in [0.3, 0.4) is 0 Å². The van der Waals surface area contributed by atoms with E-state index in [0.717, 1.165) is 73.6 Å². The van der Waals surface area contributed by atoms with Crippen LogP contribution in [0.15, 0.2) is 72.8 Å². The van der Waals surface area contributed by atoms with Crippen LogP contribution in [0, 0.1) is 0 Å². The number of thiophene rings is 1. The van der Waals surface area contributed by atoms with Crippen molar-refractivity contribution in [3.63, 3.8) is 0 Å². The van der Waals surface area contributed by atoms with Gasteiger partial charge < -0.3 is 35.0 Å². The number of morpholine rings is 1. The van der Waals surface area contributed by atoms with E-state index in [2.05, 4.69) is 15.5 Å². The van der Waals surface area contributed by atoms with E-state index < -0.39 is 35.7 Å². The maximum absolute atomic E-state index is 14.1. The predicted octanol–water partition coefficient (Wildman–Crippen LogP) is 7.37. The zero-order chi connectivity index (χ0) is 43.9. The first kappa shape index (κ1) is 44.8. The molecule has 0 bridgehead atoms. The van der Waals surface area contributed by atoms with E-state index in [9.17, 15) is 37.1 Å². The van der Waals surface area contributed by atoms with Crippen molar-refractivity contribution in [1.82, 2.24) is 14.7 Å². The van der Waals surface area contributed by atoms with Gasteiger partial charge in [0.05, 0.1) is 30.9 Å². The van der Waals surface area contributed by atoms with Crippen molar-refractivity contribution in [3.05, 3.63) is 117 Å². The summed E-state index contributed by atoms with van der Waals surface area (Å²) in [5, 5.41) is 15.0. The number of nitrogens with zero attached hydrogens (tertiary/aromatic N) is 3. The number of carbonyl (C=O) groups excluding carboxylic acids is 4. The Hall–Kier alpha value is -5.78. The Morgan fingerprint density at radius 2 is 1.49 bits per heavy atom. The summed E-state index contributed by atoms with van der Waals surface area (Å²) in [6, 6.07) is 20.3. The predicted molar refractivity (Wildman–Crippen MR) is 223 cm³/mol. The number of nitrogens with one attached hydrogen (secondary N) is 2. The first-order valence-electron chi connectivity index (χ1n) is 19.9. The Morgan fingerprint density at radius 3 is 2.13 bits per heavy atom. The van der Waals surface area contributed by atoms with Gasteiger partial charge in [0.1, 0.15) is 5.00 Å². The molecule has 17 heteroatoms. The molecule has 0 aliphatic carbocycles. The minimum Gasteiger partial charge on any atom is -0.478 e. The molecule has 61 heavy (non-hydrogen) atoms. The van der Waals surface area contributed by atoms with Gasteiger partial charge in [0.25, 0.3) is 17.7 Å². The number of halogens is 3. The fourth-order valence-electron chi connectivity index (χ4n) is 6.89. The highest BCUT2D eigenvalue weighted by Gasteiger charge is 2.51. The smallest absolute Gasteiger partial charge is 0.427 e. The Morgan fingerprint density at radius 1 is 0.852 bits per heavy atom. The zero-order valence-corrected chi connectivity index (χ0v) is 34.9. The second-order valence-corrected chi connectivity index (χ2v) is 16.6. The van der Waals surface area contributed by atoms with Crippen LogP contribution in [0.1, 0.15) is 83.3 Å². The number of carboxylic acids is 1. The van der Waals surface area contributed by atoms with E-state index in [-0.39, 0.29) is 47.1 Å². The Labute approximate surface area is 355 Å². The molecule has 3 N–H and O–H groups in total. The number of rotatable bonds is 14. The molecule has 13 nitrogen and oxygen atoms in total. The van der Waals surface area contributed by atoms with Crippen molar-refractivity contribution < 1.29 is 51.7 Å². The summed E-state index contributed by atoms with van der Waals surface area (Å²) in [4.78, 5) is 70.8. The summed E-state index contributed by atoms with van der Waals surface area (Å²) in [5.74, 6) is -2.38. The summed E-state index contributed by atoms with van der Waals surface area (Å²) in [5.41, 5.74) is 1.17. The standard InChI is InChI=1S/C44H48F3N5O8S/c1-43(2,44(45,46)47)60-42(58)52-19-18-34-35(27-52)61-39(49-37(53)31-8-5-9-32(26-31)40(55)50(3)20-21-51-22-24-59-25-23-51)36(34)38(54)48-33-16-12-29(13-17-33)7-4-6-28-10-14-30(15-11-28)41(56)57/h5,8-17,26H,4,6-7,18-25,27H2,1-3H3,(H,48,54)(H,49,53)(H,56,57). The highest BCUT2D eigenvalue weighted by atomic mass is 32.1. The molecule has 6 rings (SSSR count). The van der Waals surface area contributed by atoms with Crippen molar-refractivity contribution in [2.75, 3.05) is 63.6 Å². The summed E-state index contributed by atoms with van der Waals surface area (Å²) in [7, 11) is 1.69. The van der Waals surface area contributed by atoms with Gasteiger partial charge in [-0.15, -0.1) is 11.3 Å². The number of hydrogen-bond donors (Lipinski definition) is 3. The van der Waals surface area contributed by atoms with Crippen LogP contribution >= 0.6 is 11.3 Å². The molecule has 0 unspecified atom stereocenters. The Bertz CT molecular complexity index is 2240. The largest absolute Gasteiger partial charge is 0.478 e. The number of carboxylic acid groups (broad SMARTS) is 1. The molecule has 3 aromatic carbocycles. The van der Waals surface area contributed by atoms with E-state index in [1.165, 1.54) is 6.07 Å². The summed E-state index contributed by atoms with van der Waals surface area (Å²) in [6.07, 6.45) is -3.57. The molecule has 0 saturated carbocycles. The number of anilines is 2. The Kier molecular flexibility index (Phi) is 14.2. The van der Waals surface area contributed by atoms with Gasteiger partial charge in [-0.05, 0) is 98.7 Å². The lowest BCUT2D eigenvalue weighted by molar-refractivity contribution is -0.246. The van der Waals surface area contributed by atoms with Gasteiger partial charge in [0.15, 0.2) is 0 Å². The normalized spacial score (nSPS) is 14.5. The second kappa shape index (κ2) is 19.3. The van der Waals surface area contributed by atoms with Gasteiger partial charge in [-0.1, -0.05) is 30.3 Å². The van der Waals surface area contributed by atoms with Crippen LogP contribution < -0.4 is 10.6 Å². The summed E-state index contributed by atoms with van der Waals surface area (Å²) in [6.45, 7) is 5.35. The molecule has 3 heterocycles. The van der Waals surface area contributed by atoms with Gasteiger partial charge in [-0.3, -0.25) is 19.3 Å². The lowest BCUT2D eigenvalue weighted by atomic mass is 10.0. The molecule has 1 fully saturated rings. The number of alkyl halides is 3. The van der Waals surface area contributed by atoms with Crippen LogP contribution in [-0.2, 0) is 35.3 Å². The fourth-order valence-corrected chi connectivity index (χ4v) is 8.15. The monoisotopic (exact) mass is 863 g/mol.